The number of amides is 1. The molecule has 0 aromatic heterocycles. The van der Waals surface area contributed by atoms with Crippen LogP contribution in [0.2, 0.25) is 0 Å². The number of nitrogens with two attached hydrogens (primary N) is 1. The Morgan fingerprint density at radius 3 is 2.76 bits per heavy atom. The number of rotatable bonds is 9. The van der Waals surface area contributed by atoms with E-state index in [1.54, 1.807) is 18.2 Å². The standard InChI is InChI=1S/C15H24N2O4/c1-3-11(10-16)8-15(19)17-12-4-5-13(20-2)14(9-12)21-7-6-18/h4-5,9,11,18H,3,6-8,10,16H2,1-2H3,(H,17,19). The molecule has 1 rings (SSSR count). The minimum absolute atomic E-state index is 0.0782. The second-order valence-electron chi connectivity index (χ2n) is 4.70. The Morgan fingerprint density at radius 2 is 2.19 bits per heavy atom. The van der Waals surface area contributed by atoms with Crippen molar-refractivity contribution in [2.24, 2.45) is 11.7 Å². The van der Waals surface area contributed by atoms with Crippen LogP contribution in [0.3, 0.4) is 0 Å². The molecule has 0 aliphatic heterocycles. The summed E-state index contributed by atoms with van der Waals surface area (Å²) in [5.74, 6) is 1.14. The van der Waals surface area contributed by atoms with E-state index in [1.807, 2.05) is 6.92 Å². The second kappa shape index (κ2) is 9.20. The van der Waals surface area contributed by atoms with Crippen LogP contribution in [0.25, 0.3) is 0 Å². The molecule has 21 heavy (non-hydrogen) atoms. The SMILES string of the molecule is CCC(CN)CC(=O)Nc1ccc(OC)c(OCCO)c1. The van der Waals surface area contributed by atoms with Crippen molar-refractivity contribution in [2.45, 2.75) is 19.8 Å². The van der Waals surface area contributed by atoms with Crippen molar-refractivity contribution >= 4 is 11.6 Å². The molecule has 1 aromatic rings. The minimum atomic E-state index is -0.0889. The molecule has 1 aromatic carbocycles. The Hall–Kier alpha value is -1.79. The van der Waals surface area contributed by atoms with Gasteiger partial charge in [0, 0.05) is 18.2 Å². The third-order valence-corrected chi connectivity index (χ3v) is 3.18. The smallest absolute Gasteiger partial charge is 0.224 e. The number of hydrogen-bond donors (Lipinski definition) is 3. The molecule has 0 heterocycles. The predicted molar refractivity (Wildman–Crippen MR) is 81.7 cm³/mol. The summed E-state index contributed by atoms with van der Waals surface area (Å²) in [6.07, 6.45) is 1.27. The quantitative estimate of drug-likeness (QED) is 0.640. The summed E-state index contributed by atoms with van der Waals surface area (Å²) in [5.41, 5.74) is 6.23. The van der Waals surface area contributed by atoms with Gasteiger partial charge in [0.25, 0.3) is 0 Å². The molecule has 0 aliphatic rings. The number of carbonyl (C=O) groups is 1. The van der Waals surface area contributed by atoms with Gasteiger partial charge in [0.1, 0.15) is 6.61 Å². The summed E-state index contributed by atoms with van der Waals surface area (Å²) >= 11 is 0. The molecule has 1 atom stereocenters. The van der Waals surface area contributed by atoms with E-state index >= 15 is 0 Å². The number of anilines is 1. The van der Waals surface area contributed by atoms with Crippen LogP contribution in [-0.4, -0.2) is 37.9 Å². The molecule has 0 saturated carbocycles. The summed E-state index contributed by atoms with van der Waals surface area (Å²) in [6.45, 7) is 2.59. The summed E-state index contributed by atoms with van der Waals surface area (Å²) in [7, 11) is 1.53. The maximum Gasteiger partial charge on any atom is 0.224 e. The van der Waals surface area contributed by atoms with Crippen LogP contribution in [0.4, 0.5) is 5.69 Å². The lowest BCUT2D eigenvalue weighted by Crippen LogP contribution is -2.21. The summed E-state index contributed by atoms with van der Waals surface area (Å²) in [4.78, 5) is 11.9. The highest BCUT2D eigenvalue weighted by atomic mass is 16.5. The minimum Gasteiger partial charge on any atom is -0.493 e. The average molecular weight is 296 g/mol. The van der Waals surface area contributed by atoms with Gasteiger partial charge < -0.3 is 25.6 Å². The Kier molecular flexibility index (Phi) is 7.56. The van der Waals surface area contributed by atoms with Crippen LogP contribution in [0.15, 0.2) is 18.2 Å². The van der Waals surface area contributed by atoms with Gasteiger partial charge in [0.2, 0.25) is 5.91 Å². The van der Waals surface area contributed by atoms with E-state index in [0.29, 0.717) is 30.2 Å². The zero-order valence-corrected chi connectivity index (χ0v) is 12.6. The molecule has 6 heteroatoms. The summed E-state index contributed by atoms with van der Waals surface area (Å²) in [5, 5.41) is 11.6. The largest absolute Gasteiger partial charge is 0.493 e. The molecule has 0 aliphatic carbocycles. The number of nitrogens with one attached hydrogen (secondary N) is 1. The zero-order valence-electron chi connectivity index (χ0n) is 12.6. The predicted octanol–water partition coefficient (Wildman–Crippen LogP) is 1.38. The topological polar surface area (TPSA) is 93.8 Å². The van der Waals surface area contributed by atoms with Gasteiger partial charge in [0.15, 0.2) is 11.5 Å². The Bertz CT molecular complexity index is 447. The van der Waals surface area contributed by atoms with Crippen LogP contribution in [0.5, 0.6) is 11.5 Å². The Labute approximate surface area is 125 Å². The van der Waals surface area contributed by atoms with Crippen molar-refractivity contribution < 1.29 is 19.4 Å². The number of hydrogen-bond acceptors (Lipinski definition) is 5. The molecule has 1 amide bonds. The number of aliphatic hydroxyl groups is 1. The fourth-order valence-electron chi connectivity index (χ4n) is 1.89. The molecule has 0 spiro atoms. The van der Waals surface area contributed by atoms with Crippen molar-refractivity contribution in [2.75, 3.05) is 32.2 Å². The lowest BCUT2D eigenvalue weighted by atomic mass is 10.0. The van der Waals surface area contributed by atoms with Crippen LogP contribution in [-0.2, 0) is 4.79 Å². The highest BCUT2D eigenvalue weighted by molar-refractivity contribution is 5.91. The fraction of sp³-hybridized carbons (Fsp3) is 0.533. The Balaban J connectivity index is 2.72. The van der Waals surface area contributed by atoms with Crippen LogP contribution in [0, 0.1) is 5.92 Å². The lowest BCUT2D eigenvalue weighted by Gasteiger charge is -2.14. The van der Waals surface area contributed by atoms with E-state index in [4.69, 9.17) is 20.3 Å². The third-order valence-electron chi connectivity index (χ3n) is 3.18. The first-order valence-corrected chi connectivity index (χ1v) is 7.06. The van der Waals surface area contributed by atoms with Gasteiger partial charge in [0.05, 0.1) is 13.7 Å². The molecular formula is C15H24N2O4. The van der Waals surface area contributed by atoms with E-state index in [0.717, 1.165) is 6.42 Å². The van der Waals surface area contributed by atoms with Crippen LogP contribution < -0.4 is 20.5 Å². The summed E-state index contributed by atoms with van der Waals surface area (Å²) < 4.78 is 10.5. The van der Waals surface area contributed by atoms with Crippen molar-refractivity contribution in [1.29, 1.82) is 0 Å². The highest BCUT2D eigenvalue weighted by Gasteiger charge is 2.12. The van der Waals surface area contributed by atoms with Crippen LogP contribution in [0.1, 0.15) is 19.8 Å². The number of aliphatic hydroxyl groups excluding tert-OH is 1. The first kappa shape index (κ1) is 17.3. The number of benzene rings is 1. The first-order valence-electron chi connectivity index (χ1n) is 7.06. The molecule has 0 fully saturated rings. The normalized spacial score (nSPS) is 11.8. The second-order valence-corrected chi connectivity index (χ2v) is 4.70. The molecular weight excluding hydrogens is 272 g/mol. The van der Waals surface area contributed by atoms with E-state index in [-0.39, 0.29) is 25.0 Å². The van der Waals surface area contributed by atoms with Gasteiger partial charge in [-0.1, -0.05) is 13.3 Å². The maximum atomic E-state index is 11.9. The van der Waals surface area contributed by atoms with Crippen molar-refractivity contribution in [3.8, 4) is 11.5 Å². The van der Waals surface area contributed by atoms with Gasteiger partial charge in [-0.25, -0.2) is 0 Å². The molecule has 0 saturated heterocycles. The summed E-state index contributed by atoms with van der Waals surface area (Å²) in [6, 6.07) is 5.13. The monoisotopic (exact) mass is 296 g/mol. The van der Waals surface area contributed by atoms with E-state index < -0.39 is 0 Å². The molecule has 118 valence electrons. The van der Waals surface area contributed by atoms with Gasteiger partial charge in [-0.2, -0.15) is 0 Å². The van der Waals surface area contributed by atoms with Crippen molar-refractivity contribution in [1.82, 2.24) is 0 Å². The average Bonchev–Trinajstić information content (AvgIpc) is 2.50. The molecule has 0 bridgehead atoms. The van der Waals surface area contributed by atoms with Crippen LogP contribution >= 0.6 is 0 Å². The van der Waals surface area contributed by atoms with Gasteiger partial charge >= 0.3 is 0 Å². The number of methoxy groups -OCH3 is 1. The Morgan fingerprint density at radius 1 is 1.43 bits per heavy atom. The third kappa shape index (κ3) is 5.61. The molecule has 6 nitrogen and oxygen atoms in total. The maximum absolute atomic E-state index is 11.9. The van der Waals surface area contributed by atoms with E-state index in [1.165, 1.54) is 7.11 Å². The van der Waals surface area contributed by atoms with Gasteiger partial charge in [-0.3, -0.25) is 4.79 Å². The van der Waals surface area contributed by atoms with E-state index in [9.17, 15) is 4.79 Å². The molecule has 0 radical (unpaired) electrons. The van der Waals surface area contributed by atoms with Gasteiger partial charge in [-0.05, 0) is 24.6 Å². The molecule has 4 N–H and O–H groups in total. The van der Waals surface area contributed by atoms with Gasteiger partial charge in [-0.15, -0.1) is 0 Å². The van der Waals surface area contributed by atoms with Crippen molar-refractivity contribution in [3.63, 3.8) is 0 Å². The number of carbonyl (C=O) groups excluding carboxylic acids is 1. The van der Waals surface area contributed by atoms with E-state index in [2.05, 4.69) is 5.32 Å². The number of ether oxygens (including phenoxy) is 2. The highest BCUT2D eigenvalue weighted by Crippen LogP contribution is 2.30. The van der Waals surface area contributed by atoms with Crippen molar-refractivity contribution in [3.05, 3.63) is 18.2 Å². The zero-order chi connectivity index (χ0) is 15.7. The lowest BCUT2D eigenvalue weighted by molar-refractivity contribution is -0.117. The molecule has 1 unspecified atom stereocenters. The first-order chi connectivity index (χ1) is 10.1. The fourth-order valence-corrected chi connectivity index (χ4v) is 1.89.